The molecule has 0 radical (unpaired) electrons. The molecule has 0 bridgehead atoms. The number of rotatable bonds is 6. The van der Waals surface area contributed by atoms with Crippen molar-refractivity contribution in [1.82, 2.24) is 0 Å². The van der Waals surface area contributed by atoms with Gasteiger partial charge in [-0.1, -0.05) is 35.9 Å². The number of aliphatic hydroxyl groups excluding tert-OH is 1. The van der Waals surface area contributed by atoms with Crippen molar-refractivity contribution in [3.05, 3.63) is 74.8 Å². The Hall–Kier alpha value is -2.25. The zero-order chi connectivity index (χ0) is 17.9. The number of benzene rings is 2. The van der Waals surface area contributed by atoms with Crippen LogP contribution >= 0.6 is 0 Å². The van der Waals surface area contributed by atoms with Gasteiger partial charge in [-0.15, -0.1) is 0 Å². The maximum atomic E-state index is 12.4. The molecule has 0 heterocycles. The summed E-state index contributed by atoms with van der Waals surface area (Å²) in [5, 5.41) is 20.9. The van der Waals surface area contributed by atoms with Crippen LogP contribution in [0.1, 0.15) is 28.4 Å². The van der Waals surface area contributed by atoms with Gasteiger partial charge in [0.15, 0.2) is 9.84 Å². The molecule has 0 amide bonds. The Morgan fingerprint density at radius 2 is 1.88 bits per heavy atom. The first-order valence-electron chi connectivity index (χ1n) is 7.37. The summed E-state index contributed by atoms with van der Waals surface area (Å²) in [5.74, 6) is -0.659. The molecule has 2 aromatic rings. The molecule has 2 rings (SSSR count). The monoisotopic (exact) mass is 349 g/mol. The third-order valence-electron chi connectivity index (χ3n) is 3.76. The van der Waals surface area contributed by atoms with Crippen LogP contribution in [0.2, 0.25) is 0 Å². The number of sulfone groups is 1. The van der Waals surface area contributed by atoms with Gasteiger partial charge in [-0.2, -0.15) is 0 Å². The number of hydrogen-bond donors (Lipinski definition) is 1. The van der Waals surface area contributed by atoms with Crippen LogP contribution < -0.4 is 0 Å². The lowest BCUT2D eigenvalue weighted by atomic mass is 10.1. The highest BCUT2D eigenvalue weighted by molar-refractivity contribution is 7.90. The molecule has 24 heavy (non-hydrogen) atoms. The van der Waals surface area contributed by atoms with Gasteiger partial charge in [-0.05, 0) is 30.5 Å². The van der Waals surface area contributed by atoms with Crippen LogP contribution in [0, 0.1) is 24.0 Å². The van der Waals surface area contributed by atoms with E-state index in [1.54, 1.807) is 0 Å². The van der Waals surface area contributed by atoms with Gasteiger partial charge >= 0.3 is 0 Å². The molecule has 0 aliphatic rings. The summed E-state index contributed by atoms with van der Waals surface area (Å²) >= 11 is 0. The lowest BCUT2D eigenvalue weighted by molar-refractivity contribution is -0.385. The van der Waals surface area contributed by atoms with Crippen molar-refractivity contribution in [2.24, 2.45) is 0 Å². The van der Waals surface area contributed by atoms with Crippen molar-refractivity contribution in [3.63, 3.8) is 0 Å². The van der Waals surface area contributed by atoms with Gasteiger partial charge in [-0.25, -0.2) is 8.42 Å². The van der Waals surface area contributed by atoms with Crippen LogP contribution in [-0.2, 0) is 15.6 Å². The largest absolute Gasteiger partial charge is 0.387 e. The number of nitro benzene ring substituents is 1. The molecule has 0 fully saturated rings. The summed E-state index contributed by atoms with van der Waals surface area (Å²) in [4.78, 5) is 10.2. The summed E-state index contributed by atoms with van der Waals surface area (Å²) in [6.45, 7) is 3.72. The Morgan fingerprint density at radius 1 is 1.17 bits per heavy atom. The van der Waals surface area contributed by atoms with Crippen molar-refractivity contribution < 1.29 is 18.4 Å². The molecule has 1 unspecified atom stereocenters. The number of aliphatic hydroxyl groups is 1. The van der Waals surface area contributed by atoms with Gasteiger partial charge in [0.1, 0.15) is 0 Å². The minimum Gasteiger partial charge on any atom is -0.387 e. The van der Waals surface area contributed by atoms with Crippen LogP contribution in [0.4, 0.5) is 5.69 Å². The Balaban J connectivity index is 2.18. The zero-order valence-corrected chi connectivity index (χ0v) is 14.3. The number of aryl methyl sites for hydroxylation is 2. The van der Waals surface area contributed by atoms with E-state index in [1.165, 1.54) is 24.3 Å². The molecule has 128 valence electrons. The molecule has 0 spiro atoms. The normalized spacial score (nSPS) is 12.8. The van der Waals surface area contributed by atoms with Crippen LogP contribution in [0.25, 0.3) is 0 Å². The van der Waals surface area contributed by atoms with Crippen molar-refractivity contribution in [3.8, 4) is 0 Å². The van der Waals surface area contributed by atoms with E-state index in [9.17, 15) is 23.6 Å². The van der Waals surface area contributed by atoms with E-state index in [-0.39, 0.29) is 17.0 Å². The minimum atomic E-state index is -3.57. The average Bonchev–Trinajstić information content (AvgIpc) is 2.50. The molecular formula is C17H19NO5S. The summed E-state index contributed by atoms with van der Waals surface area (Å²) in [7, 11) is -3.57. The highest BCUT2D eigenvalue weighted by atomic mass is 32.2. The van der Waals surface area contributed by atoms with Crippen molar-refractivity contribution in [2.45, 2.75) is 25.7 Å². The van der Waals surface area contributed by atoms with Crippen LogP contribution in [0.15, 0.2) is 42.5 Å². The highest BCUT2D eigenvalue weighted by Crippen LogP contribution is 2.22. The lowest BCUT2D eigenvalue weighted by Gasteiger charge is -2.13. The summed E-state index contributed by atoms with van der Waals surface area (Å²) in [5.41, 5.74) is 2.56. The fourth-order valence-electron chi connectivity index (χ4n) is 2.43. The van der Waals surface area contributed by atoms with Crippen LogP contribution in [0.5, 0.6) is 0 Å². The molecular weight excluding hydrogens is 330 g/mol. The summed E-state index contributed by atoms with van der Waals surface area (Å²) in [6, 6.07) is 11.0. The van der Waals surface area contributed by atoms with Gasteiger partial charge in [-0.3, -0.25) is 10.1 Å². The van der Waals surface area contributed by atoms with Gasteiger partial charge in [0, 0.05) is 12.1 Å². The molecule has 0 saturated heterocycles. The van der Waals surface area contributed by atoms with E-state index in [2.05, 4.69) is 0 Å². The molecule has 0 saturated carbocycles. The molecule has 7 heteroatoms. The lowest BCUT2D eigenvalue weighted by Crippen LogP contribution is -2.17. The van der Waals surface area contributed by atoms with Gasteiger partial charge in [0.05, 0.1) is 22.5 Å². The molecule has 0 aromatic heterocycles. The van der Waals surface area contributed by atoms with E-state index in [4.69, 9.17) is 0 Å². The Bertz CT molecular complexity index is 861. The first-order chi connectivity index (χ1) is 11.2. The third-order valence-corrected chi connectivity index (χ3v) is 5.33. The fourth-order valence-corrected chi connectivity index (χ4v) is 4.01. The van der Waals surface area contributed by atoms with Crippen LogP contribution in [-0.4, -0.2) is 24.2 Å². The number of nitrogens with zero attached hydrogens (tertiary/aromatic N) is 1. The second-order valence-electron chi connectivity index (χ2n) is 5.85. The predicted molar refractivity (Wildman–Crippen MR) is 91.5 cm³/mol. The predicted octanol–water partition coefficient (Wildman–Crippen LogP) is 2.86. The zero-order valence-electron chi connectivity index (χ0n) is 13.5. The Morgan fingerprint density at radius 3 is 2.54 bits per heavy atom. The van der Waals surface area contributed by atoms with Crippen molar-refractivity contribution >= 4 is 15.5 Å². The van der Waals surface area contributed by atoms with Gasteiger partial charge < -0.3 is 5.11 Å². The van der Waals surface area contributed by atoms with Gasteiger partial charge in [0.2, 0.25) is 0 Å². The quantitative estimate of drug-likeness (QED) is 0.639. The molecule has 0 aliphatic heterocycles. The molecule has 0 aliphatic carbocycles. The van der Waals surface area contributed by atoms with Crippen molar-refractivity contribution in [1.29, 1.82) is 0 Å². The third kappa shape index (κ3) is 4.62. The molecule has 6 nitrogen and oxygen atoms in total. The fraction of sp³-hybridized carbons (Fsp3) is 0.294. The van der Waals surface area contributed by atoms with E-state index < -0.39 is 26.6 Å². The van der Waals surface area contributed by atoms with E-state index in [0.717, 1.165) is 11.1 Å². The van der Waals surface area contributed by atoms with E-state index in [1.807, 2.05) is 32.0 Å². The first-order valence-corrected chi connectivity index (χ1v) is 9.19. The molecule has 2 aromatic carbocycles. The molecule has 1 atom stereocenters. The highest BCUT2D eigenvalue weighted by Gasteiger charge is 2.21. The number of hydrogen-bond acceptors (Lipinski definition) is 5. The van der Waals surface area contributed by atoms with Crippen molar-refractivity contribution in [2.75, 3.05) is 5.75 Å². The maximum Gasteiger partial charge on any atom is 0.269 e. The number of nitro groups is 1. The maximum absolute atomic E-state index is 12.4. The minimum absolute atomic E-state index is 0.174. The molecule has 1 N–H and O–H groups in total. The standard InChI is InChI=1S/C17H19NO5S/c1-12-6-7-13(2)15(8-12)10-24(22,23)11-17(19)14-4-3-5-16(9-14)18(20)21/h3-9,17,19H,10-11H2,1-2H3. The van der Waals surface area contributed by atoms with E-state index >= 15 is 0 Å². The average molecular weight is 349 g/mol. The van der Waals surface area contributed by atoms with Gasteiger partial charge in [0.25, 0.3) is 5.69 Å². The topological polar surface area (TPSA) is 97.5 Å². The summed E-state index contributed by atoms with van der Waals surface area (Å²) in [6.07, 6.45) is -1.31. The second kappa shape index (κ2) is 7.11. The second-order valence-corrected chi connectivity index (χ2v) is 7.96. The summed E-state index contributed by atoms with van der Waals surface area (Å²) < 4.78 is 24.7. The van der Waals surface area contributed by atoms with E-state index in [0.29, 0.717) is 5.56 Å². The SMILES string of the molecule is Cc1ccc(C)c(CS(=O)(=O)CC(O)c2cccc([N+](=O)[O-])c2)c1. The smallest absolute Gasteiger partial charge is 0.269 e. The first kappa shape index (κ1) is 18.1. The van der Waals surface area contributed by atoms with Crippen LogP contribution in [0.3, 0.4) is 0 Å². The number of non-ortho nitro benzene ring substituents is 1. The Kier molecular flexibility index (Phi) is 5.36. The Labute approximate surface area is 140 Å².